The van der Waals surface area contributed by atoms with Crippen LogP contribution in [0.25, 0.3) is 0 Å². The summed E-state index contributed by atoms with van der Waals surface area (Å²) in [6.07, 6.45) is 0. The number of thiophene rings is 1. The van der Waals surface area contributed by atoms with E-state index in [9.17, 15) is 4.79 Å². The first-order chi connectivity index (χ1) is 8.84. The van der Waals surface area contributed by atoms with Gasteiger partial charge in [0.05, 0.1) is 11.5 Å². The van der Waals surface area contributed by atoms with E-state index in [2.05, 4.69) is 10.6 Å². The van der Waals surface area contributed by atoms with Crippen LogP contribution in [0.5, 0.6) is 5.75 Å². The molecule has 0 aliphatic rings. The highest BCUT2D eigenvalue weighted by Gasteiger charge is 2.01. The first kappa shape index (κ1) is 12.4. The smallest absolute Gasteiger partial charge is 0.319 e. The summed E-state index contributed by atoms with van der Waals surface area (Å²) in [7, 11) is 0. The lowest BCUT2D eigenvalue weighted by Crippen LogP contribution is -2.31. The monoisotopic (exact) mass is 262 g/mol. The third-order valence-corrected chi connectivity index (χ3v) is 2.94. The van der Waals surface area contributed by atoms with Crippen molar-refractivity contribution < 1.29 is 9.53 Å². The molecule has 2 aromatic rings. The van der Waals surface area contributed by atoms with E-state index < -0.39 is 0 Å². The molecule has 0 atom stereocenters. The van der Waals surface area contributed by atoms with Gasteiger partial charge in [-0.2, -0.15) is 0 Å². The highest BCUT2D eigenvalue weighted by Crippen LogP contribution is 2.14. The number of urea groups is 1. The van der Waals surface area contributed by atoms with Crippen LogP contribution in [-0.2, 0) is 0 Å². The molecule has 0 aliphatic carbocycles. The van der Waals surface area contributed by atoms with Crippen molar-refractivity contribution in [1.29, 1.82) is 0 Å². The lowest BCUT2D eigenvalue weighted by Gasteiger charge is -2.07. The van der Waals surface area contributed by atoms with E-state index in [4.69, 9.17) is 4.74 Å². The van der Waals surface area contributed by atoms with Crippen LogP contribution < -0.4 is 15.4 Å². The Morgan fingerprint density at radius 3 is 2.72 bits per heavy atom. The number of carbonyl (C=O) groups excluding carboxylic acids is 1. The Bertz CT molecular complexity index is 471. The van der Waals surface area contributed by atoms with Gasteiger partial charge in [-0.3, -0.25) is 5.32 Å². The van der Waals surface area contributed by atoms with Gasteiger partial charge in [-0.1, -0.05) is 18.2 Å². The fourth-order valence-corrected chi connectivity index (χ4v) is 1.97. The molecule has 0 bridgehead atoms. The summed E-state index contributed by atoms with van der Waals surface area (Å²) in [4.78, 5) is 11.5. The fourth-order valence-electron chi connectivity index (χ4n) is 1.36. The zero-order chi connectivity index (χ0) is 12.6. The Labute approximate surface area is 110 Å². The van der Waals surface area contributed by atoms with Gasteiger partial charge in [-0.15, -0.1) is 11.3 Å². The van der Waals surface area contributed by atoms with Crippen molar-refractivity contribution in [2.75, 3.05) is 18.5 Å². The molecule has 5 heteroatoms. The van der Waals surface area contributed by atoms with E-state index in [0.717, 1.165) is 10.8 Å². The molecule has 1 aromatic carbocycles. The number of hydrogen-bond donors (Lipinski definition) is 2. The van der Waals surface area contributed by atoms with Gasteiger partial charge in [-0.05, 0) is 29.6 Å². The summed E-state index contributed by atoms with van der Waals surface area (Å²) < 4.78 is 5.45. The molecule has 0 fully saturated rings. The number of hydrogen-bond acceptors (Lipinski definition) is 3. The number of amides is 2. The minimum Gasteiger partial charge on any atom is -0.492 e. The van der Waals surface area contributed by atoms with Crippen molar-refractivity contribution in [1.82, 2.24) is 5.32 Å². The van der Waals surface area contributed by atoms with E-state index in [1.165, 1.54) is 11.3 Å². The molecule has 0 radical (unpaired) electrons. The van der Waals surface area contributed by atoms with Crippen molar-refractivity contribution in [2.24, 2.45) is 0 Å². The average molecular weight is 262 g/mol. The standard InChI is InChI=1S/C13H14N2O2S/c16-13(15-12-7-4-10-18-12)14-8-9-17-11-5-2-1-3-6-11/h1-7,10H,8-9H2,(H2,14,15,16). The van der Waals surface area contributed by atoms with Crippen LogP contribution in [0.15, 0.2) is 47.8 Å². The molecule has 0 saturated carbocycles. The minimum absolute atomic E-state index is 0.214. The first-order valence-electron chi connectivity index (χ1n) is 5.61. The summed E-state index contributed by atoms with van der Waals surface area (Å²) in [5, 5.41) is 8.20. The molecule has 2 rings (SSSR count). The summed E-state index contributed by atoms with van der Waals surface area (Å²) in [6.45, 7) is 0.911. The van der Waals surface area contributed by atoms with Gasteiger partial charge in [0.25, 0.3) is 0 Å². The maximum atomic E-state index is 11.5. The Hall–Kier alpha value is -2.01. The van der Waals surface area contributed by atoms with Gasteiger partial charge in [0.15, 0.2) is 0 Å². The molecule has 1 aromatic heterocycles. The number of nitrogens with one attached hydrogen (secondary N) is 2. The van der Waals surface area contributed by atoms with Gasteiger partial charge in [0.1, 0.15) is 12.4 Å². The largest absolute Gasteiger partial charge is 0.492 e. The quantitative estimate of drug-likeness (QED) is 0.814. The maximum absolute atomic E-state index is 11.5. The maximum Gasteiger partial charge on any atom is 0.319 e. The van der Waals surface area contributed by atoms with E-state index >= 15 is 0 Å². The van der Waals surface area contributed by atoms with Crippen molar-refractivity contribution in [3.05, 3.63) is 47.8 Å². The SMILES string of the molecule is O=C(NCCOc1ccccc1)Nc1cccs1. The van der Waals surface area contributed by atoms with Crippen LogP contribution in [0.4, 0.5) is 9.80 Å². The number of benzene rings is 1. The van der Waals surface area contributed by atoms with E-state index in [-0.39, 0.29) is 6.03 Å². The first-order valence-corrected chi connectivity index (χ1v) is 6.49. The molecule has 1 heterocycles. The highest BCUT2D eigenvalue weighted by molar-refractivity contribution is 7.14. The Morgan fingerprint density at radius 2 is 2.00 bits per heavy atom. The molecule has 0 spiro atoms. The van der Waals surface area contributed by atoms with Crippen LogP contribution >= 0.6 is 11.3 Å². The highest BCUT2D eigenvalue weighted by atomic mass is 32.1. The van der Waals surface area contributed by atoms with E-state index in [1.54, 1.807) is 0 Å². The minimum atomic E-state index is -0.214. The molecule has 18 heavy (non-hydrogen) atoms. The summed E-state index contributed by atoms with van der Waals surface area (Å²) in [6, 6.07) is 13.0. The Morgan fingerprint density at radius 1 is 1.17 bits per heavy atom. The Kier molecular flexibility index (Phi) is 4.60. The molecule has 2 amide bonds. The second-order valence-electron chi connectivity index (χ2n) is 3.52. The van der Waals surface area contributed by atoms with Crippen molar-refractivity contribution >= 4 is 22.4 Å². The lowest BCUT2D eigenvalue weighted by atomic mass is 10.3. The van der Waals surface area contributed by atoms with Crippen LogP contribution in [0.1, 0.15) is 0 Å². The fraction of sp³-hybridized carbons (Fsp3) is 0.154. The summed E-state index contributed by atoms with van der Waals surface area (Å²) in [5.74, 6) is 0.804. The second-order valence-corrected chi connectivity index (χ2v) is 4.47. The third-order valence-electron chi connectivity index (χ3n) is 2.16. The zero-order valence-corrected chi connectivity index (χ0v) is 10.6. The van der Waals surface area contributed by atoms with Gasteiger partial charge in [-0.25, -0.2) is 4.79 Å². The number of carbonyl (C=O) groups is 1. The van der Waals surface area contributed by atoms with Gasteiger partial charge in [0, 0.05) is 0 Å². The van der Waals surface area contributed by atoms with Gasteiger partial charge >= 0.3 is 6.03 Å². The van der Waals surface area contributed by atoms with Gasteiger partial charge < -0.3 is 10.1 Å². The predicted molar refractivity (Wildman–Crippen MR) is 73.3 cm³/mol. The average Bonchev–Trinajstić information content (AvgIpc) is 2.89. The van der Waals surface area contributed by atoms with E-state index in [0.29, 0.717) is 13.2 Å². The number of para-hydroxylation sites is 1. The van der Waals surface area contributed by atoms with Crippen LogP contribution in [0, 0.1) is 0 Å². The molecular formula is C13H14N2O2S. The van der Waals surface area contributed by atoms with Crippen molar-refractivity contribution in [3.63, 3.8) is 0 Å². The molecule has 0 unspecified atom stereocenters. The van der Waals surface area contributed by atoms with Crippen molar-refractivity contribution in [3.8, 4) is 5.75 Å². The number of ether oxygens (including phenoxy) is 1. The topological polar surface area (TPSA) is 50.4 Å². The predicted octanol–water partition coefficient (Wildman–Crippen LogP) is 2.95. The second kappa shape index (κ2) is 6.66. The van der Waals surface area contributed by atoms with E-state index in [1.807, 2.05) is 47.8 Å². The molecule has 0 aliphatic heterocycles. The van der Waals surface area contributed by atoms with Crippen LogP contribution in [-0.4, -0.2) is 19.2 Å². The Balaban J connectivity index is 1.62. The van der Waals surface area contributed by atoms with Crippen LogP contribution in [0.2, 0.25) is 0 Å². The normalized spacial score (nSPS) is 9.78. The van der Waals surface area contributed by atoms with Crippen molar-refractivity contribution in [2.45, 2.75) is 0 Å². The molecule has 94 valence electrons. The van der Waals surface area contributed by atoms with Gasteiger partial charge in [0.2, 0.25) is 0 Å². The molecule has 0 saturated heterocycles. The summed E-state index contributed by atoms with van der Waals surface area (Å²) >= 11 is 1.48. The number of anilines is 1. The lowest BCUT2D eigenvalue weighted by molar-refractivity contribution is 0.247. The van der Waals surface area contributed by atoms with Crippen LogP contribution in [0.3, 0.4) is 0 Å². The molecule has 4 nitrogen and oxygen atoms in total. The molecular weight excluding hydrogens is 248 g/mol. The molecule has 2 N–H and O–H groups in total. The third kappa shape index (κ3) is 4.10. The zero-order valence-electron chi connectivity index (χ0n) is 9.76. The summed E-state index contributed by atoms with van der Waals surface area (Å²) in [5.41, 5.74) is 0. The number of rotatable bonds is 5.